The molecule has 14 nitrogen and oxygen atoms in total. The Morgan fingerprint density at radius 1 is 0.887 bits per heavy atom. The van der Waals surface area contributed by atoms with Gasteiger partial charge in [0.05, 0.1) is 39.5 Å². The van der Waals surface area contributed by atoms with Crippen molar-refractivity contribution in [2.75, 3.05) is 42.7 Å². The van der Waals surface area contributed by atoms with Crippen LogP contribution in [0.4, 0.5) is 17.1 Å². The second-order valence-corrected chi connectivity index (χ2v) is 17.8. The molecule has 1 aromatic heterocycles. The van der Waals surface area contributed by atoms with Crippen molar-refractivity contribution in [1.29, 1.82) is 0 Å². The lowest BCUT2D eigenvalue weighted by Crippen LogP contribution is -2.59. The van der Waals surface area contributed by atoms with E-state index in [0.29, 0.717) is 42.2 Å². The highest BCUT2D eigenvalue weighted by Gasteiger charge is 2.40. The molecule has 15 heteroatoms. The molecule has 5 rings (SSSR count). The quantitative estimate of drug-likeness (QED) is 0.0413. The van der Waals surface area contributed by atoms with E-state index in [1.807, 2.05) is 57.5 Å². The summed E-state index contributed by atoms with van der Waals surface area (Å²) in [6.07, 6.45) is 5.05. The van der Waals surface area contributed by atoms with Gasteiger partial charge in [0.1, 0.15) is 12.6 Å². The molecule has 4 aromatic rings. The highest BCUT2D eigenvalue weighted by molar-refractivity contribution is 7.13. The largest absolute Gasteiger partial charge is 0.397 e. The fourth-order valence-electron chi connectivity index (χ4n) is 7.26. The molecule has 3 atom stereocenters. The van der Waals surface area contributed by atoms with Gasteiger partial charge in [-0.25, -0.2) is 4.98 Å². The number of rotatable bonds is 20. The van der Waals surface area contributed by atoms with E-state index in [0.717, 1.165) is 60.2 Å². The maximum Gasteiger partial charge on any atom is 0.255 e. The predicted molar refractivity (Wildman–Crippen MR) is 243 cm³/mol. The number of nitrogens with two attached hydrogens (primary N) is 1. The molecule has 7 N–H and O–H groups in total. The number of hydrogen-bond donors (Lipinski definition) is 6. The number of benzene rings is 3. The van der Waals surface area contributed by atoms with E-state index in [2.05, 4.69) is 26.3 Å². The molecule has 0 spiro atoms. The van der Waals surface area contributed by atoms with E-state index < -0.39 is 29.4 Å². The maximum absolute atomic E-state index is 13.8. The minimum atomic E-state index is -0.880. The van der Waals surface area contributed by atoms with E-state index in [9.17, 15) is 29.1 Å². The first kappa shape index (κ1) is 47.4. The van der Waals surface area contributed by atoms with Gasteiger partial charge in [0.25, 0.3) is 5.91 Å². The van der Waals surface area contributed by atoms with Crippen LogP contribution in [0.2, 0.25) is 0 Å². The van der Waals surface area contributed by atoms with Crippen LogP contribution < -0.4 is 27.0 Å². The fraction of sp³-hybridized carbons (Fsp3) is 0.447. The lowest BCUT2D eigenvalue weighted by molar-refractivity contribution is -0.146. The van der Waals surface area contributed by atoms with Gasteiger partial charge < -0.3 is 41.7 Å². The summed E-state index contributed by atoms with van der Waals surface area (Å²) in [7, 11) is 0. The number of β-amino-alcohol motifs (C(OH)–C–C–N with tert-alkyl or cyclic N) is 1. The summed E-state index contributed by atoms with van der Waals surface area (Å²) < 4.78 is 5.65. The topological polar surface area (TPSA) is 205 Å². The zero-order valence-electron chi connectivity index (χ0n) is 36.2. The molecule has 0 bridgehead atoms. The lowest BCUT2D eigenvalue weighted by atomic mass is 9.84. The van der Waals surface area contributed by atoms with Crippen molar-refractivity contribution in [2.45, 2.75) is 97.8 Å². The molecule has 1 aliphatic rings. The summed E-state index contributed by atoms with van der Waals surface area (Å²) in [5.74, 6) is -1.96. The summed E-state index contributed by atoms with van der Waals surface area (Å²) in [6.45, 7) is 8.31. The van der Waals surface area contributed by atoms with Crippen molar-refractivity contribution in [3.05, 3.63) is 95.1 Å². The molecule has 1 fully saturated rings. The predicted octanol–water partition coefficient (Wildman–Crippen LogP) is 6.70. The van der Waals surface area contributed by atoms with Crippen LogP contribution in [0.25, 0.3) is 10.4 Å². The first-order valence-electron chi connectivity index (χ1n) is 21.3. The van der Waals surface area contributed by atoms with Crippen LogP contribution in [0, 0.1) is 18.3 Å². The number of carbonyl (C=O) groups excluding carboxylic acids is 5. The van der Waals surface area contributed by atoms with E-state index in [1.54, 1.807) is 59.9 Å². The number of piperidine rings is 1. The summed E-state index contributed by atoms with van der Waals surface area (Å²) >= 11 is 1.58. The number of ether oxygens (including phenoxy) is 1. The number of aliphatic hydroxyl groups is 1. The second-order valence-electron chi connectivity index (χ2n) is 17.0. The molecule has 62 heavy (non-hydrogen) atoms. The van der Waals surface area contributed by atoms with Crippen LogP contribution in [-0.4, -0.2) is 83.0 Å². The number of aromatic nitrogens is 1. The van der Waals surface area contributed by atoms with Gasteiger partial charge in [-0.1, -0.05) is 82.9 Å². The van der Waals surface area contributed by atoms with Crippen molar-refractivity contribution >= 4 is 57.9 Å². The number of nitrogens with zero attached hydrogens (tertiary/aromatic N) is 2. The number of aliphatic hydroxyl groups excluding tert-OH is 1. The summed E-state index contributed by atoms with van der Waals surface area (Å²) in [5, 5.41) is 22.2. The van der Waals surface area contributed by atoms with Crippen molar-refractivity contribution < 1.29 is 33.8 Å². The van der Waals surface area contributed by atoms with Gasteiger partial charge in [0.2, 0.25) is 23.6 Å². The number of amides is 5. The lowest BCUT2D eigenvalue weighted by Gasteiger charge is -2.40. The van der Waals surface area contributed by atoms with Crippen LogP contribution in [0.5, 0.6) is 0 Å². The molecular weight excluding hydrogens is 807 g/mol. The molecule has 3 aromatic carbocycles. The van der Waals surface area contributed by atoms with Crippen LogP contribution in [0.15, 0.2) is 78.3 Å². The average Bonchev–Trinajstić information content (AvgIpc) is 3.68. The van der Waals surface area contributed by atoms with E-state index in [1.165, 1.54) is 4.90 Å². The number of likely N-dealkylation sites (tertiary alicyclic amines) is 1. The van der Waals surface area contributed by atoms with Crippen LogP contribution in [-0.2, 0) is 30.5 Å². The van der Waals surface area contributed by atoms with Crippen LogP contribution in [0.1, 0.15) is 93.8 Å². The Bertz CT molecular complexity index is 2120. The molecule has 0 unspecified atom stereocenters. The number of carbonyl (C=O) groups is 5. The van der Waals surface area contributed by atoms with Crippen LogP contribution in [0.3, 0.4) is 0 Å². The highest BCUT2D eigenvalue weighted by atomic mass is 32.1. The zero-order valence-corrected chi connectivity index (χ0v) is 37.0. The molecular formula is C47H61N7O7S. The molecule has 332 valence electrons. The number of nitrogen functional groups attached to an aromatic ring is 1. The van der Waals surface area contributed by atoms with E-state index >= 15 is 0 Å². The monoisotopic (exact) mass is 867 g/mol. The Balaban J connectivity index is 0.935. The maximum atomic E-state index is 13.8. The Hall–Kier alpha value is -5.64. The molecule has 1 saturated heterocycles. The summed E-state index contributed by atoms with van der Waals surface area (Å²) in [5.41, 5.74) is 12.2. The minimum absolute atomic E-state index is 0.0805. The van der Waals surface area contributed by atoms with Crippen molar-refractivity contribution in [3.8, 4) is 10.4 Å². The minimum Gasteiger partial charge on any atom is -0.397 e. The first-order chi connectivity index (χ1) is 29.7. The zero-order chi connectivity index (χ0) is 44.6. The Labute approximate surface area is 368 Å². The van der Waals surface area contributed by atoms with Gasteiger partial charge in [-0.3, -0.25) is 24.0 Å². The first-order valence-corrected chi connectivity index (χ1v) is 22.2. The fourth-order valence-corrected chi connectivity index (χ4v) is 8.07. The number of aryl methyl sites for hydroxylation is 1. The number of nitrogens with one attached hydrogen (secondary N) is 4. The third kappa shape index (κ3) is 14.5. The third-order valence-electron chi connectivity index (χ3n) is 10.8. The second kappa shape index (κ2) is 23.0. The average molecular weight is 868 g/mol. The smallest absolute Gasteiger partial charge is 0.255 e. The SMILES string of the molecule is Cc1ncsc1-c1ccc(CNC(=O)[C@@H]2C[C@@H](O)CN(C(=O)[C@@H](NC(=O)COCCCCCCCCC(=O)Nc3ccc(C(=O)Nc4ccccc4N)cc3)C(C)(C)C)C2)cc1. The standard InChI is InChI=1S/C47H61N7O7S/c1-31-42(62-30-50-31)33-18-16-32(17-19-33)26-49-44(58)35-25-37(55)28-54(27-35)46(60)43(47(2,3)4)53-41(57)29-61-24-12-8-6-5-7-9-15-40(56)51-36-22-20-34(21-23-36)45(59)52-39-14-11-10-13-38(39)48/h10-11,13-14,16-23,30,35,37,43,55H,5-9,12,15,24-29,48H2,1-4H3,(H,49,58)(H,51,56)(H,52,59)(H,53,57)/t35-,37-,43-/m1/s1. The molecule has 1 aliphatic heterocycles. The van der Waals surface area contributed by atoms with Crippen molar-refractivity contribution in [3.63, 3.8) is 0 Å². The van der Waals surface area contributed by atoms with Gasteiger partial charge in [-0.15, -0.1) is 11.3 Å². The number of anilines is 3. The molecule has 0 saturated carbocycles. The summed E-state index contributed by atoms with van der Waals surface area (Å²) in [4.78, 5) is 72.0. The Morgan fingerprint density at radius 3 is 2.26 bits per heavy atom. The molecule has 0 aliphatic carbocycles. The van der Waals surface area contributed by atoms with Gasteiger partial charge in [0.15, 0.2) is 0 Å². The molecule has 2 heterocycles. The normalized spacial score (nSPS) is 15.7. The number of unbranched alkanes of at least 4 members (excludes halogenated alkanes) is 5. The number of hydrogen-bond acceptors (Lipinski definition) is 10. The Morgan fingerprint density at radius 2 is 1.58 bits per heavy atom. The van der Waals surface area contributed by atoms with E-state index in [4.69, 9.17) is 10.5 Å². The van der Waals surface area contributed by atoms with E-state index in [-0.39, 0.29) is 49.7 Å². The third-order valence-corrected chi connectivity index (χ3v) is 11.8. The van der Waals surface area contributed by atoms with Gasteiger partial charge >= 0.3 is 0 Å². The molecule has 0 radical (unpaired) electrons. The van der Waals surface area contributed by atoms with Crippen LogP contribution >= 0.6 is 11.3 Å². The molecule has 5 amide bonds. The van der Waals surface area contributed by atoms with Gasteiger partial charge in [0, 0.05) is 43.9 Å². The Kier molecular flexibility index (Phi) is 17.6. The van der Waals surface area contributed by atoms with Gasteiger partial charge in [-0.2, -0.15) is 0 Å². The van der Waals surface area contributed by atoms with Crippen molar-refractivity contribution in [2.24, 2.45) is 11.3 Å². The van der Waals surface area contributed by atoms with Crippen molar-refractivity contribution in [1.82, 2.24) is 20.5 Å². The number of para-hydroxylation sites is 2. The summed E-state index contributed by atoms with van der Waals surface area (Å²) in [6, 6.07) is 20.8. The highest BCUT2D eigenvalue weighted by Crippen LogP contribution is 2.28. The van der Waals surface area contributed by atoms with Gasteiger partial charge in [-0.05, 0) is 79.1 Å². The number of thiazole rings is 1.